The van der Waals surface area contributed by atoms with E-state index in [1.165, 1.54) is 12.2 Å². The Balaban J connectivity index is 2.29. The molecule has 0 aromatic heterocycles. The number of ether oxygens (including phenoxy) is 1. The molecule has 3 atom stereocenters. The van der Waals surface area contributed by atoms with Crippen LogP contribution in [0.15, 0.2) is 36.4 Å². The molecule has 4 amide bonds. The van der Waals surface area contributed by atoms with Crippen molar-refractivity contribution in [3.8, 4) is 0 Å². The monoisotopic (exact) mass is 606 g/mol. The van der Waals surface area contributed by atoms with Gasteiger partial charge in [-0.3, -0.25) is 19.2 Å². The van der Waals surface area contributed by atoms with Crippen LogP contribution in [-0.4, -0.2) is 70.4 Å². The molecule has 41 heavy (non-hydrogen) atoms. The van der Waals surface area contributed by atoms with E-state index in [-0.39, 0.29) is 36.4 Å². The number of nitrogens with two attached hydrogens (primary N) is 1. The number of hydrogen-bond acceptors (Lipinski definition) is 8. The minimum atomic E-state index is -1.01. The van der Waals surface area contributed by atoms with E-state index >= 15 is 0 Å². The fourth-order valence-electron chi connectivity index (χ4n) is 4.00. The maximum absolute atomic E-state index is 13.6. The predicted molar refractivity (Wildman–Crippen MR) is 163 cm³/mol. The summed E-state index contributed by atoms with van der Waals surface area (Å²) < 4.78 is 4.63. The van der Waals surface area contributed by atoms with Crippen LogP contribution in [0.5, 0.6) is 0 Å². The van der Waals surface area contributed by atoms with Crippen molar-refractivity contribution in [2.45, 2.75) is 76.6 Å². The van der Waals surface area contributed by atoms with Gasteiger partial charge in [0, 0.05) is 36.5 Å². The molecule has 0 spiro atoms. The molecule has 1 aromatic carbocycles. The molecule has 0 unspecified atom stereocenters. The number of esters is 1. The summed E-state index contributed by atoms with van der Waals surface area (Å²) in [7, 11) is 0. The molecular weight excluding hydrogens is 564 g/mol. The highest BCUT2D eigenvalue weighted by molar-refractivity contribution is 8.21. The Kier molecular flexibility index (Phi) is 13.7. The van der Waals surface area contributed by atoms with E-state index in [2.05, 4.69) is 16.0 Å². The number of thioether (sulfide) groups is 2. The Hall–Kier alpha value is -2.99. The van der Waals surface area contributed by atoms with Gasteiger partial charge in [0.1, 0.15) is 16.7 Å². The van der Waals surface area contributed by atoms with E-state index in [4.69, 9.17) is 10.5 Å². The van der Waals surface area contributed by atoms with Gasteiger partial charge in [-0.15, -0.1) is 23.5 Å². The summed E-state index contributed by atoms with van der Waals surface area (Å²) in [6.45, 7) is 9.36. The fourth-order valence-corrected chi connectivity index (χ4v) is 6.60. The SMILES string of the molecule is CCOC(=O)/C=C/[C@H](CCC(N)=O)NC(=O)[C@H](Cc1ccc(C)cc1)NC(=O)[C@@H](NC(=O)C1SCCS1)C(C)(C)C. The van der Waals surface area contributed by atoms with Crippen LogP contribution in [0.2, 0.25) is 0 Å². The highest BCUT2D eigenvalue weighted by Gasteiger charge is 2.37. The Bertz CT molecular complexity index is 1100. The van der Waals surface area contributed by atoms with Gasteiger partial charge in [0.15, 0.2) is 0 Å². The summed E-state index contributed by atoms with van der Waals surface area (Å²) in [6, 6.07) is 4.98. The van der Waals surface area contributed by atoms with Gasteiger partial charge < -0.3 is 26.4 Å². The van der Waals surface area contributed by atoms with Gasteiger partial charge in [0.2, 0.25) is 23.6 Å². The first kappa shape index (κ1) is 34.2. The standard InChI is InChI=1S/C29H42N4O6S2/c1-6-39-23(35)14-12-20(11-13-22(30)34)31-25(36)21(17-19-9-7-18(2)8-10-19)32-26(37)24(29(3,4)5)33-27(38)28-40-15-16-41-28/h7-10,12,14,20-21,24,28H,6,11,13,15-17H2,1-5H3,(H2,30,34)(H,31,36)(H,32,37)(H,33,38)/b14-12+/t20-,21-,24+/m0/s1. The van der Waals surface area contributed by atoms with E-state index < -0.39 is 47.2 Å². The van der Waals surface area contributed by atoms with Gasteiger partial charge in [-0.25, -0.2) is 4.79 Å². The van der Waals surface area contributed by atoms with E-state index in [0.717, 1.165) is 22.6 Å². The molecule has 5 N–H and O–H groups in total. The Labute approximate surface area is 250 Å². The zero-order valence-electron chi connectivity index (χ0n) is 24.4. The van der Waals surface area contributed by atoms with Gasteiger partial charge >= 0.3 is 5.97 Å². The lowest BCUT2D eigenvalue weighted by Crippen LogP contribution is -2.59. The number of carbonyl (C=O) groups excluding carboxylic acids is 5. The summed E-state index contributed by atoms with van der Waals surface area (Å²) in [4.78, 5) is 63.4. The molecule has 0 aliphatic carbocycles. The van der Waals surface area contributed by atoms with E-state index in [0.29, 0.717) is 0 Å². The second-order valence-electron chi connectivity index (χ2n) is 10.9. The average Bonchev–Trinajstić information content (AvgIpc) is 3.44. The number of nitrogens with one attached hydrogen (secondary N) is 3. The van der Waals surface area contributed by atoms with Crippen molar-refractivity contribution < 1.29 is 28.7 Å². The third kappa shape index (κ3) is 12.2. The number of aryl methyl sites for hydroxylation is 1. The highest BCUT2D eigenvalue weighted by Crippen LogP contribution is 2.32. The zero-order chi connectivity index (χ0) is 30.6. The molecule has 1 aliphatic rings. The van der Waals surface area contributed by atoms with Gasteiger partial charge in [-0.2, -0.15) is 0 Å². The third-order valence-electron chi connectivity index (χ3n) is 6.22. The zero-order valence-corrected chi connectivity index (χ0v) is 26.0. The molecule has 1 fully saturated rings. The first-order chi connectivity index (χ1) is 19.3. The van der Waals surface area contributed by atoms with Crippen molar-refractivity contribution in [3.05, 3.63) is 47.5 Å². The molecule has 10 nitrogen and oxygen atoms in total. The normalized spacial score (nSPS) is 16.0. The van der Waals surface area contributed by atoms with Crippen molar-refractivity contribution in [3.63, 3.8) is 0 Å². The topological polar surface area (TPSA) is 157 Å². The minimum Gasteiger partial charge on any atom is -0.463 e. The minimum absolute atomic E-state index is 0.0254. The first-order valence-electron chi connectivity index (χ1n) is 13.6. The maximum atomic E-state index is 13.6. The van der Waals surface area contributed by atoms with Crippen LogP contribution in [0.3, 0.4) is 0 Å². The second-order valence-corrected chi connectivity index (χ2v) is 13.6. The first-order valence-corrected chi connectivity index (χ1v) is 15.7. The van der Waals surface area contributed by atoms with E-state index in [1.807, 2.05) is 52.0 Å². The molecular formula is C29H42N4O6S2. The highest BCUT2D eigenvalue weighted by atomic mass is 32.2. The Morgan fingerprint density at radius 1 is 1.02 bits per heavy atom. The fraction of sp³-hybridized carbons (Fsp3) is 0.552. The van der Waals surface area contributed by atoms with Crippen LogP contribution >= 0.6 is 23.5 Å². The largest absolute Gasteiger partial charge is 0.463 e. The summed E-state index contributed by atoms with van der Waals surface area (Å²) in [5, 5.41) is 8.57. The lowest BCUT2D eigenvalue weighted by atomic mass is 9.85. The molecule has 0 radical (unpaired) electrons. The molecule has 1 aromatic rings. The van der Waals surface area contributed by atoms with Crippen LogP contribution in [-0.2, 0) is 35.1 Å². The van der Waals surface area contributed by atoms with E-state index in [9.17, 15) is 24.0 Å². The number of carbonyl (C=O) groups is 5. The molecule has 1 saturated heterocycles. The molecule has 12 heteroatoms. The van der Waals surface area contributed by atoms with Crippen LogP contribution in [0.25, 0.3) is 0 Å². The number of amides is 4. The summed E-state index contributed by atoms with van der Waals surface area (Å²) in [5.74, 6) is -0.615. The number of hydrogen-bond donors (Lipinski definition) is 4. The molecule has 1 heterocycles. The smallest absolute Gasteiger partial charge is 0.330 e. The van der Waals surface area contributed by atoms with Crippen molar-refractivity contribution in [1.82, 2.24) is 16.0 Å². The van der Waals surface area contributed by atoms with Crippen molar-refractivity contribution in [2.24, 2.45) is 11.1 Å². The quantitative estimate of drug-likeness (QED) is 0.186. The van der Waals surface area contributed by atoms with Gasteiger partial charge in [0.25, 0.3) is 0 Å². The predicted octanol–water partition coefficient (Wildman–Crippen LogP) is 2.23. The molecule has 0 bridgehead atoms. The van der Waals surface area contributed by atoms with Crippen LogP contribution in [0.4, 0.5) is 0 Å². The number of benzene rings is 1. The van der Waals surface area contributed by atoms with E-state index in [1.54, 1.807) is 30.4 Å². The van der Waals surface area contributed by atoms with Gasteiger partial charge in [-0.1, -0.05) is 56.7 Å². The molecule has 0 saturated carbocycles. The molecule has 226 valence electrons. The lowest BCUT2D eigenvalue weighted by molar-refractivity contribution is -0.137. The third-order valence-corrected chi connectivity index (χ3v) is 9.21. The molecule has 2 rings (SSSR count). The second kappa shape index (κ2) is 16.5. The van der Waals surface area contributed by atoms with Crippen LogP contribution in [0.1, 0.15) is 51.7 Å². The van der Waals surface area contributed by atoms with Crippen LogP contribution in [0, 0.1) is 12.3 Å². The van der Waals surface area contributed by atoms with Crippen molar-refractivity contribution >= 4 is 53.1 Å². The maximum Gasteiger partial charge on any atom is 0.330 e. The summed E-state index contributed by atoms with van der Waals surface area (Å²) >= 11 is 3.08. The summed E-state index contributed by atoms with van der Waals surface area (Å²) in [6.07, 6.45) is 2.94. The number of rotatable bonds is 14. The van der Waals surface area contributed by atoms with Gasteiger partial charge in [-0.05, 0) is 31.2 Å². The molecule has 1 aliphatic heterocycles. The van der Waals surface area contributed by atoms with Crippen LogP contribution < -0.4 is 21.7 Å². The lowest BCUT2D eigenvalue weighted by Gasteiger charge is -2.32. The number of primary amides is 1. The van der Waals surface area contributed by atoms with Crippen molar-refractivity contribution in [1.29, 1.82) is 0 Å². The average molecular weight is 607 g/mol. The Morgan fingerprint density at radius 3 is 2.22 bits per heavy atom. The van der Waals surface area contributed by atoms with Gasteiger partial charge in [0.05, 0.1) is 6.61 Å². The van der Waals surface area contributed by atoms with Crippen molar-refractivity contribution in [2.75, 3.05) is 18.1 Å². The Morgan fingerprint density at radius 2 is 1.66 bits per heavy atom. The summed E-state index contributed by atoms with van der Waals surface area (Å²) in [5.41, 5.74) is 6.55.